The predicted octanol–water partition coefficient (Wildman–Crippen LogP) is 3.93. The number of aliphatic imine (C=N–C) groups is 1. The lowest BCUT2D eigenvalue weighted by atomic mass is 10.1. The van der Waals surface area contributed by atoms with Crippen LogP contribution < -0.4 is 10.6 Å². The fraction of sp³-hybridized carbons (Fsp3) is 0.412. The van der Waals surface area contributed by atoms with Gasteiger partial charge in [-0.25, -0.2) is 4.98 Å². The predicted molar refractivity (Wildman–Crippen MR) is 110 cm³/mol. The van der Waals surface area contributed by atoms with Crippen molar-refractivity contribution in [3.05, 3.63) is 52.0 Å². The maximum absolute atomic E-state index is 4.64. The van der Waals surface area contributed by atoms with Gasteiger partial charge in [-0.05, 0) is 26.3 Å². The lowest BCUT2D eigenvalue weighted by molar-refractivity contribution is 0.686. The van der Waals surface area contributed by atoms with Gasteiger partial charge in [-0.3, -0.25) is 4.99 Å². The first-order valence-corrected chi connectivity index (χ1v) is 8.57. The standard InChI is InChI=1S/C17H24N4S.HI/c1-4-18-17(19-11-10-16-12-22-14(3)21-16)20-13(2)15-8-6-5-7-9-15;/h5-9,12-13H,4,10-11H2,1-3H3,(H2,18,19,20);1H. The third kappa shape index (κ3) is 6.87. The highest BCUT2D eigenvalue weighted by Crippen LogP contribution is 2.11. The summed E-state index contributed by atoms with van der Waals surface area (Å²) >= 11 is 1.69. The Morgan fingerprint density at radius 1 is 1.30 bits per heavy atom. The molecule has 4 nitrogen and oxygen atoms in total. The summed E-state index contributed by atoms with van der Waals surface area (Å²) < 4.78 is 0. The molecular weight excluding hydrogens is 419 g/mol. The van der Waals surface area contributed by atoms with Crippen LogP contribution in [-0.4, -0.2) is 24.0 Å². The van der Waals surface area contributed by atoms with Gasteiger partial charge in [0.15, 0.2) is 5.96 Å². The fourth-order valence-electron chi connectivity index (χ4n) is 2.16. The summed E-state index contributed by atoms with van der Waals surface area (Å²) in [7, 11) is 0. The van der Waals surface area contributed by atoms with E-state index >= 15 is 0 Å². The summed E-state index contributed by atoms with van der Waals surface area (Å²) in [6, 6.07) is 10.6. The van der Waals surface area contributed by atoms with Crippen molar-refractivity contribution >= 4 is 41.3 Å². The smallest absolute Gasteiger partial charge is 0.191 e. The average Bonchev–Trinajstić information content (AvgIpc) is 2.94. The van der Waals surface area contributed by atoms with Gasteiger partial charge in [-0.15, -0.1) is 35.3 Å². The summed E-state index contributed by atoms with van der Waals surface area (Å²) in [5.41, 5.74) is 2.38. The number of aryl methyl sites for hydroxylation is 1. The van der Waals surface area contributed by atoms with Crippen LogP contribution >= 0.6 is 35.3 Å². The lowest BCUT2D eigenvalue weighted by Gasteiger charge is -2.18. The molecular formula is C17H25IN4S. The van der Waals surface area contributed by atoms with Crippen molar-refractivity contribution in [3.8, 4) is 0 Å². The van der Waals surface area contributed by atoms with Crippen LogP contribution in [0.15, 0.2) is 40.7 Å². The average molecular weight is 444 g/mol. The number of guanidine groups is 1. The van der Waals surface area contributed by atoms with Gasteiger partial charge in [0.25, 0.3) is 0 Å². The van der Waals surface area contributed by atoms with Crippen LogP contribution in [0.3, 0.4) is 0 Å². The molecule has 1 heterocycles. The van der Waals surface area contributed by atoms with E-state index in [-0.39, 0.29) is 30.0 Å². The summed E-state index contributed by atoms with van der Waals surface area (Å²) in [6.45, 7) is 7.84. The van der Waals surface area contributed by atoms with Crippen LogP contribution in [-0.2, 0) is 6.42 Å². The van der Waals surface area contributed by atoms with E-state index in [1.54, 1.807) is 11.3 Å². The van der Waals surface area contributed by atoms with E-state index in [2.05, 4.69) is 64.1 Å². The van der Waals surface area contributed by atoms with Crippen molar-refractivity contribution in [1.29, 1.82) is 0 Å². The zero-order valence-corrected chi connectivity index (χ0v) is 17.0. The highest BCUT2D eigenvalue weighted by molar-refractivity contribution is 14.0. The molecule has 1 aromatic heterocycles. The summed E-state index contributed by atoms with van der Waals surface area (Å²) in [4.78, 5) is 9.11. The first kappa shape index (κ1) is 19.9. The first-order chi connectivity index (χ1) is 10.7. The molecule has 1 unspecified atom stereocenters. The van der Waals surface area contributed by atoms with Gasteiger partial charge >= 0.3 is 0 Å². The van der Waals surface area contributed by atoms with Crippen LogP contribution in [0.4, 0.5) is 0 Å². The van der Waals surface area contributed by atoms with Gasteiger partial charge in [0.2, 0.25) is 0 Å². The fourth-order valence-corrected chi connectivity index (χ4v) is 2.80. The Labute approximate surface area is 159 Å². The van der Waals surface area contributed by atoms with Crippen LogP contribution in [0.2, 0.25) is 0 Å². The van der Waals surface area contributed by atoms with E-state index in [0.29, 0.717) is 0 Å². The Bertz CT molecular complexity index is 598. The van der Waals surface area contributed by atoms with Crippen molar-refractivity contribution in [3.63, 3.8) is 0 Å². The normalized spacial score (nSPS) is 12.4. The van der Waals surface area contributed by atoms with Crippen LogP contribution in [0, 0.1) is 6.92 Å². The van der Waals surface area contributed by atoms with E-state index in [9.17, 15) is 0 Å². The van der Waals surface area contributed by atoms with Crippen LogP contribution in [0.25, 0.3) is 0 Å². The molecule has 6 heteroatoms. The highest BCUT2D eigenvalue weighted by Gasteiger charge is 2.07. The molecule has 1 aromatic carbocycles. The zero-order chi connectivity index (χ0) is 15.8. The molecule has 2 rings (SSSR count). The number of aromatic nitrogens is 1. The monoisotopic (exact) mass is 444 g/mol. The van der Waals surface area contributed by atoms with Gasteiger partial charge in [-0.1, -0.05) is 30.3 Å². The van der Waals surface area contributed by atoms with Crippen LogP contribution in [0.1, 0.15) is 36.2 Å². The second-order valence-electron chi connectivity index (χ2n) is 5.15. The third-order valence-electron chi connectivity index (χ3n) is 3.30. The topological polar surface area (TPSA) is 49.3 Å². The summed E-state index contributed by atoms with van der Waals surface area (Å²) in [5, 5.41) is 9.96. The van der Waals surface area contributed by atoms with Gasteiger partial charge in [0.1, 0.15) is 0 Å². The lowest BCUT2D eigenvalue weighted by Crippen LogP contribution is -2.38. The Kier molecular flexibility index (Phi) is 9.16. The minimum absolute atomic E-state index is 0. The van der Waals surface area contributed by atoms with Gasteiger partial charge < -0.3 is 10.6 Å². The number of rotatable bonds is 6. The molecule has 0 aliphatic rings. The summed E-state index contributed by atoms with van der Waals surface area (Å²) in [6.07, 6.45) is 0.876. The van der Waals surface area contributed by atoms with E-state index in [4.69, 9.17) is 0 Å². The Morgan fingerprint density at radius 3 is 2.65 bits per heavy atom. The molecule has 126 valence electrons. The van der Waals surface area contributed by atoms with Crippen molar-refractivity contribution in [2.24, 2.45) is 4.99 Å². The minimum atomic E-state index is 0. The SMILES string of the molecule is CCNC(=NCCc1csc(C)n1)NC(C)c1ccccc1.I. The highest BCUT2D eigenvalue weighted by atomic mass is 127. The Balaban J connectivity index is 0.00000264. The maximum Gasteiger partial charge on any atom is 0.191 e. The molecule has 0 aliphatic carbocycles. The molecule has 0 saturated carbocycles. The molecule has 2 N–H and O–H groups in total. The van der Waals surface area contributed by atoms with Crippen molar-refractivity contribution < 1.29 is 0 Å². The molecule has 23 heavy (non-hydrogen) atoms. The molecule has 0 spiro atoms. The molecule has 0 aliphatic heterocycles. The van der Waals surface area contributed by atoms with E-state index in [0.717, 1.165) is 36.2 Å². The number of thiazole rings is 1. The second kappa shape index (κ2) is 10.6. The molecule has 2 aromatic rings. The zero-order valence-electron chi connectivity index (χ0n) is 13.9. The first-order valence-electron chi connectivity index (χ1n) is 7.70. The largest absolute Gasteiger partial charge is 0.357 e. The second-order valence-corrected chi connectivity index (χ2v) is 6.21. The number of hydrogen-bond donors (Lipinski definition) is 2. The Morgan fingerprint density at radius 2 is 2.04 bits per heavy atom. The van der Waals surface area contributed by atoms with Gasteiger partial charge in [0, 0.05) is 24.9 Å². The Hall–Kier alpha value is -1.15. The van der Waals surface area contributed by atoms with E-state index in [1.165, 1.54) is 5.56 Å². The number of halogens is 1. The van der Waals surface area contributed by atoms with Crippen LogP contribution in [0.5, 0.6) is 0 Å². The van der Waals surface area contributed by atoms with Gasteiger partial charge in [0.05, 0.1) is 16.7 Å². The third-order valence-corrected chi connectivity index (χ3v) is 4.12. The van der Waals surface area contributed by atoms with Crippen molar-refractivity contribution in [1.82, 2.24) is 15.6 Å². The number of nitrogens with one attached hydrogen (secondary N) is 2. The van der Waals surface area contributed by atoms with E-state index in [1.807, 2.05) is 13.0 Å². The number of hydrogen-bond acceptors (Lipinski definition) is 3. The number of benzene rings is 1. The minimum Gasteiger partial charge on any atom is -0.357 e. The van der Waals surface area contributed by atoms with E-state index < -0.39 is 0 Å². The molecule has 0 fully saturated rings. The summed E-state index contributed by atoms with van der Waals surface area (Å²) in [5.74, 6) is 0.853. The maximum atomic E-state index is 4.64. The quantitative estimate of drug-likeness (QED) is 0.403. The van der Waals surface area contributed by atoms with Gasteiger partial charge in [-0.2, -0.15) is 0 Å². The molecule has 0 radical (unpaired) electrons. The van der Waals surface area contributed by atoms with Crippen molar-refractivity contribution in [2.75, 3.05) is 13.1 Å². The van der Waals surface area contributed by atoms with Crippen molar-refractivity contribution in [2.45, 2.75) is 33.2 Å². The number of nitrogens with zero attached hydrogens (tertiary/aromatic N) is 2. The molecule has 1 atom stereocenters. The molecule has 0 saturated heterocycles. The molecule has 0 bridgehead atoms. The molecule has 0 amide bonds.